The maximum Gasteiger partial charge on any atom is 0.139 e. The molecule has 1 aliphatic carbocycles. The van der Waals surface area contributed by atoms with Gasteiger partial charge < -0.3 is 45.6 Å². The second kappa shape index (κ2) is 18.5. The van der Waals surface area contributed by atoms with E-state index in [1.807, 2.05) is 0 Å². The first-order valence-electron chi connectivity index (χ1n) is 7.00. The lowest BCUT2D eigenvalue weighted by Gasteiger charge is -2.37. The van der Waals surface area contributed by atoms with E-state index >= 15 is 0 Å². The molecule has 0 amide bonds. The number of hydrogen-bond donors (Lipinski definition) is 9. The fourth-order valence-electron chi connectivity index (χ4n) is 2.33. The molecule has 8 atom stereocenters. The SMILES string of the molecule is Cl.O=CC(NC1C=C(CO)C(O)[C@H](O)C1O)[C@@H](O)[C@H](O)C(O)CO.S.S.S.S. The molecular weight excluding hydrogens is 478 g/mol. The van der Waals surface area contributed by atoms with E-state index in [1.54, 1.807) is 0 Å². The number of halogens is 1. The van der Waals surface area contributed by atoms with E-state index in [0.717, 1.165) is 0 Å². The van der Waals surface area contributed by atoms with E-state index in [-0.39, 0.29) is 78.2 Å². The number of hydrogen-bond acceptors (Lipinski definition) is 10. The zero-order valence-electron chi connectivity index (χ0n) is 14.6. The summed E-state index contributed by atoms with van der Waals surface area (Å²) >= 11 is 0. The molecule has 1 rings (SSSR count). The highest BCUT2D eigenvalue weighted by atomic mass is 35.5. The van der Waals surface area contributed by atoms with Crippen LogP contribution in [0, 0.1) is 0 Å². The highest BCUT2D eigenvalue weighted by Crippen LogP contribution is 2.21. The number of carbonyl (C=O) groups excluding carboxylic acids is 1. The highest BCUT2D eigenvalue weighted by Gasteiger charge is 2.40. The van der Waals surface area contributed by atoms with Crippen LogP contribution >= 0.6 is 66.4 Å². The molecule has 0 aromatic heterocycles. The van der Waals surface area contributed by atoms with Gasteiger partial charge in [-0.05, 0) is 5.57 Å². The molecule has 28 heavy (non-hydrogen) atoms. The fraction of sp³-hybridized carbons (Fsp3) is 0.769. The lowest BCUT2D eigenvalue weighted by atomic mass is 9.87. The van der Waals surface area contributed by atoms with Crippen LogP contribution in [-0.2, 0) is 4.79 Å². The maximum atomic E-state index is 11.1. The van der Waals surface area contributed by atoms with Crippen molar-refractivity contribution in [3.63, 3.8) is 0 Å². The maximum absolute atomic E-state index is 11.1. The number of carbonyl (C=O) groups is 1. The Morgan fingerprint density at radius 2 is 1.46 bits per heavy atom. The molecule has 15 heteroatoms. The zero-order valence-corrected chi connectivity index (χ0v) is 19.4. The summed E-state index contributed by atoms with van der Waals surface area (Å²) in [6.07, 6.45) is -8.56. The second-order valence-electron chi connectivity index (χ2n) is 5.41. The van der Waals surface area contributed by atoms with Crippen molar-refractivity contribution in [3.8, 4) is 0 Å². The lowest BCUT2D eigenvalue weighted by Crippen LogP contribution is -2.60. The van der Waals surface area contributed by atoms with Crippen LogP contribution in [-0.4, -0.2) is 109 Å². The van der Waals surface area contributed by atoms with Crippen LogP contribution in [0.25, 0.3) is 0 Å². The van der Waals surface area contributed by atoms with E-state index in [9.17, 15) is 35.4 Å². The van der Waals surface area contributed by atoms with Crippen molar-refractivity contribution >= 4 is 72.7 Å². The molecule has 174 valence electrons. The molecule has 0 fully saturated rings. The normalized spacial score (nSPS) is 27.5. The van der Waals surface area contributed by atoms with Crippen molar-refractivity contribution in [2.45, 2.75) is 48.7 Å². The summed E-state index contributed by atoms with van der Waals surface area (Å²) in [6, 6.07) is -2.57. The number of aliphatic hydroxyl groups is 8. The Hall–Kier alpha value is 0.740. The monoisotopic (exact) mass is 509 g/mol. The van der Waals surface area contributed by atoms with Crippen molar-refractivity contribution in [3.05, 3.63) is 11.6 Å². The van der Waals surface area contributed by atoms with Gasteiger partial charge in [0.25, 0.3) is 0 Å². The molecule has 0 bridgehead atoms. The fourth-order valence-corrected chi connectivity index (χ4v) is 2.33. The van der Waals surface area contributed by atoms with Gasteiger partial charge >= 0.3 is 0 Å². The summed E-state index contributed by atoms with van der Waals surface area (Å²) in [5.41, 5.74) is 0.00961. The standard InChI is InChI=1S/C13H23NO9.ClH.4H2S/c15-2-5-1-6(10(20)13(23)9(5)19)14-7(3-16)11(21)12(22)8(18)4-17;;;;;/h1,3,6-15,17-23H,2,4H2;1H;4*1H2/t6?,7?,8?,9?,10?,11-,12-,13+;;;;;/m1...../s1. The molecule has 10 nitrogen and oxygen atoms in total. The molecule has 0 saturated carbocycles. The van der Waals surface area contributed by atoms with Gasteiger partial charge in [0.05, 0.1) is 25.3 Å². The van der Waals surface area contributed by atoms with Gasteiger partial charge in [0.1, 0.15) is 42.9 Å². The van der Waals surface area contributed by atoms with E-state index in [4.69, 9.17) is 10.2 Å². The largest absolute Gasteiger partial charge is 0.394 e. The molecule has 0 saturated heterocycles. The Morgan fingerprint density at radius 1 is 0.964 bits per heavy atom. The van der Waals surface area contributed by atoms with Gasteiger partial charge in [-0.1, -0.05) is 6.08 Å². The number of aldehydes is 1. The van der Waals surface area contributed by atoms with E-state index in [2.05, 4.69) is 5.32 Å². The number of rotatable bonds is 8. The first-order valence-corrected chi connectivity index (χ1v) is 7.00. The predicted octanol–water partition coefficient (Wildman–Crippen LogP) is -4.52. The Balaban J connectivity index is -0.000000353. The van der Waals surface area contributed by atoms with Crippen LogP contribution in [0.15, 0.2) is 11.6 Å². The van der Waals surface area contributed by atoms with Gasteiger partial charge in [-0.3, -0.25) is 5.32 Å². The van der Waals surface area contributed by atoms with Crippen molar-refractivity contribution in [2.24, 2.45) is 0 Å². The molecule has 0 spiro atoms. The Labute approximate surface area is 196 Å². The van der Waals surface area contributed by atoms with Crippen LogP contribution < -0.4 is 5.32 Å². The van der Waals surface area contributed by atoms with Crippen molar-refractivity contribution in [1.29, 1.82) is 0 Å². The zero-order chi connectivity index (χ0) is 17.7. The van der Waals surface area contributed by atoms with Gasteiger partial charge in [-0.2, -0.15) is 54.0 Å². The van der Waals surface area contributed by atoms with Crippen LogP contribution in [0.2, 0.25) is 0 Å². The third kappa shape index (κ3) is 9.70. The van der Waals surface area contributed by atoms with Crippen molar-refractivity contribution in [1.82, 2.24) is 5.32 Å². The average Bonchev–Trinajstić information content (AvgIpc) is 2.57. The van der Waals surface area contributed by atoms with Gasteiger partial charge in [-0.15, -0.1) is 12.4 Å². The van der Waals surface area contributed by atoms with Crippen LogP contribution in [0.1, 0.15) is 0 Å². The summed E-state index contributed by atoms with van der Waals surface area (Å²) in [5, 5.41) is 78.3. The molecule has 0 aliphatic heterocycles. The summed E-state index contributed by atoms with van der Waals surface area (Å²) in [7, 11) is 0. The second-order valence-corrected chi connectivity index (χ2v) is 5.41. The molecule has 0 radical (unpaired) electrons. The van der Waals surface area contributed by atoms with E-state index < -0.39 is 61.9 Å². The number of aliphatic hydroxyl groups excluding tert-OH is 8. The van der Waals surface area contributed by atoms with Gasteiger partial charge in [-0.25, -0.2) is 0 Å². The minimum absolute atomic E-state index is 0. The van der Waals surface area contributed by atoms with Crippen molar-refractivity contribution < 1.29 is 45.6 Å². The van der Waals surface area contributed by atoms with Crippen LogP contribution in [0.4, 0.5) is 0 Å². The third-order valence-electron chi connectivity index (χ3n) is 3.83. The van der Waals surface area contributed by atoms with Crippen LogP contribution in [0.5, 0.6) is 0 Å². The minimum atomic E-state index is -1.83. The quantitative estimate of drug-likeness (QED) is 0.114. The molecule has 0 aromatic rings. The smallest absolute Gasteiger partial charge is 0.139 e. The van der Waals surface area contributed by atoms with E-state index in [0.29, 0.717) is 0 Å². The first kappa shape index (κ1) is 39.2. The molecule has 0 aromatic carbocycles. The highest BCUT2D eigenvalue weighted by molar-refractivity contribution is 7.59. The average molecular weight is 510 g/mol. The van der Waals surface area contributed by atoms with Gasteiger partial charge in [0.15, 0.2) is 0 Å². The van der Waals surface area contributed by atoms with Gasteiger partial charge in [0, 0.05) is 0 Å². The summed E-state index contributed by atoms with van der Waals surface area (Å²) in [6.45, 7) is -1.43. The molecule has 5 unspecified atom stereocenters. The molecule has 1 aliphatic rings. The topological polar surface area (TPSA) is 191 Å². The molecular formula is C13H32ClNO9S4. The first-order chi connectivity index (χ1) is 10.8. The summed E-state index contributed by atoms with van der Waals surface area (Å²) in [4.78, 5) is 11.1. The Bertz CT molecular complexity index is 441. The lowest BCUT2D eigenvalue weighted by molar-refractivity contribution is -0.122. The van der Waals surface area contributed by atoms with E-state index in [1.165, 1.54) is 6.08 Å². The summed E-state index contributed by atoms with van der Waals surface area (Å²) < 4.78 is 0. The minimum Gasteiger partial charge on any atom is -0.394 e. The molecule has 0 heterocycles. The predicted molar refractivity (Wildman–Crippen MR) is 124 cm³/mol. The van der Waals surface area contributed by atoms with Crippen molar-refractivity contribution in [2.75, 3.05) is 13.2 Å². The van der Waals surface area contributed by atoms with Crippen LogP contribution in [0.3, 0.4) is 0 Å². The van der Waals surface area contributed by atoms with Gasteiger partial charge in [0.2, 0.25) is 0 Å². The number of nitrogens with one attached hydrogen (secondary N) is 1. The summed E-state index contributed by atoms with van der Waals surface area (Å²) in [5.74, 6) is 0. The third-order valence-corrected chi connectivity index (χ3v) is 3.83. The Kier molecular flexibility index (Phi) is 25.9. The molecule has 9 N–H and O–H groups in total. The Morgan fingerprint density at radius 3 is 1.86 bits per heavy atom.